The third kappa shape index (κ3) is 6.11. The van der Waals surface area contributed by atoms with Crippen molar-refractivity contribution < 1.29 is 14.4 Å². The number of halogens is 1. The Hall–Kier alpha value is -1.14. The molecule has 6 nitrogen and oxygen atoms in total. The Morgan fingerprint density at radius 1 is 1.35 bits per heavy atom. The molecule has 2 heterocycles. The van der Waals surface area contributed by atoms with Crippen molar-refractivity contribution in [3.63, 3.8) is 0 Å². The third-order valence-electron chi connectivity index (χ3n) is 4.68. The first-order chi connectivity index (χ1) is 10.6. The molecule has 0 aromatic carbocycles. The summed E-state index contributed by atoms with van der Waals surface area (Å²) in [6, 6.07) is 0. The molecule has 23 heavy (non-hydrogen) atoms. The van der Waals surface area contributed by atoms with Gasteiger partial charge in [0, 0.05) is 32.4 Å². The Balaban J connectivity index is 0.00000264. The van der Waals surface area contributed by atoms with Crippen molar-refractivity contribution in [1.82, 2.24) is 15.5 Å². The zero-order valence-electron chi connectivity index (χ0n) is 13.8. The molecule has 0 spiro atoms. The Morgan fingerprint density at radius 2 is 2.04 bits per heavy atom. The van der Waals surface area contributed by atoms with Crippen molar-refractivity contribution >= 4 is 30.1 Å². The Labute approximate surface area is 144 Å². The van der Waals surface area contributed by atoms with E-state index in [9.17, 15) is 14.4 Å². The number of rotatable bonds is 7. The molecule has 0 aromatic heterocycles. The maximum Gasteiger partial charge on any atom is 0.229 e. The van der Waals surface area contributed by atoms with Crippen LogP contribution in [0.4, 0.5) is 0 Å². The van der Waals surface area contributed by atoms with Crippen LogP contribution in [0.25, 0.3) is 0 Å². The number of likely N-dealkylation sites (tertiary alicyclic amines) is 1. The number of carbonyl (C=O) groups is 3. The van der Waals surface area contributed by atoms with Crippen LogP contribution in [0, 0.1) is 11.8 Å². The average Bonchev–Trinajstić information content (AvgIpc) is 2.83. The first-order valence-corrected chi connectivity index (χ1v) is 8.38. The van der Waals surface area contributed by atoms with Gasteiger partial charge in [-0.25, -0.2) is 0 Å². The molecule has 0 aromatic rings. The summed E-state index contributed by atoms with van der Waals surface area (Å²) < 4.78 is 0. The molecule has 2 aliphatic rings. The topological polar surface area (TPSA) is 78.5 Å². The summed E-state index contributed by atoms with van der Waals surface area (Å²) in [5.41, 5.74) is 0. The number of piperidine rings is 1. The maximum atomic E-state index is 11.9. The van der Waals surface area contributed by atoms with E-state index < -0.39 is 0 Å². The van der Waals surface area contributed by atoms with E-state index >= 15 is 0 Å². The highest BCUT2D eigenvalue weighted by Crippen LogP contribution is 2.22. The number of nitrogens with zero attached hydrogens (tertiary/aromatic N) is 1. The Morgan fingerprint density at radius 3 is 2.65 bits per heavy atom. The molecule has 132 valence electrons. The van der Waals surface area contributed by atoms with Crippen LogP contribution in [-0.4, -0.2) is 48.8 Å². The largest absolute Gasteiger partial charge is 0.356 e. The zero-order valence-corrected chi connectivity index (χ0v) is 14.6. The summed E-state index contributed by atoms with van der Waals surface area (Å²) in [5, 5.41) is 6.28. The predicted octanol–water partition coefficient (Wildman–Crippen LogP) is 1.09. The Bertz CT molecular complexity index is 409. The van der Waals surface area contributed by atoms with Crippen LogP contribution in [0.15, 0.2) is 0 Å². The molecule has 2 rings (SSSR count). The fourth-order valence-electron chi connectivity index (χ4n) is 3.23. The molecule has 2 N–H and O–H groups in total. The molecule has 0 aliphatic carbocycles. The molecular formula is C16H28ClN3O3. The number of imide groups is 1. The number of nitrogens with one attached hydrogen (secondary N) is 2. The standard InChI is InChI=1S/C16H27N3O3.ClH/c1-12(13-4-2-7-17-11-13)10-14(20)18-8-3-9-19-15(21)5-6-16(19)22;/h12-13,17H,2-11H2,1H3,(H,18,20);1H. The number of amides is 3. The van der Waals surface area contributed by atoms with Gasteiger partial charge in [-0.1, -0.05) is 6.92 Å². The molecule has 2 unspecified atom stereocenters. The SMILES string of the molecule is CC(CC(=O)NCCCN1C(=O)CCC1=O)C1CCCNC1.Cl. The fraction of sp³-hybridized carbons (Fsp3) is 0.812. The van der Waals surface area contributed by atoms with Gasteiger partial charge < -0.3 is 10.6 Å². The lowest BCUT2D eigenvalue weighted by atomic mass is 9.85. The minimum Gasteiger partial charge on any atom is -0.356 e. The van der Waals surface area contributed by atoms with Gasteiger partial charge in [0.2, 0.25) is 17.7 Å². The predicted molar refractivity (Wildman–Crippen MR) is 90.2 cm³/mol. The van der Waals surface area contributed by atoms with Crippen LogP contribution in [0.5, 0.6) is 0 Å². The van der Waals surface area contributed by atoms with E-state index in [-0.39, 0.29) is 30.1 Å². The van der Waals surface area contributed by atoms with Crippen LogP contribution in [-0.2, 0) is 14.4 Å². The molecule has 2 fully saturated rings. The molecule has 3 amide bonds. The van der Waals surface area contributed by atoms with Gasteiger partial charge >= 0.3 is 0 Å². The summed E-state index contributed by atoms with van der Waals surface area (Å²) in [6.07, 6.45) is 4.22. The zero-order chi connectivity index (χ0) is 15.9. The highest BCUT2D eigenvalue weighted by molar-refractivity contribution is 6.01. The lowest BCUT2D eigenvalue weighted by molar-refractivity contribution is -0.138. The molecular weight excluding hydrogens is 318 g/mol. The molecule has 0 saturated carbocycles. The number of hydrogen-bond acceptors (Lipinski definition) is 4. The maximum absolute atomic E-state index is 11.9. The summed E-state index contributed by atoms with van der Waals surface area (Å²) in [7, 11) is 0. The highest BCUT2D eigenvalue weighted by Gasteiger charge is 2.28. The van der Waals surface area contributed by atoms with E-state index in [1.807, 2.05) is 0 Å². The van der Waals surface area contributed by atoms with E-state index in [1.165, 1.54) is 17.7 Å². The fourth-order valence-corrected chi connectivity index (χ4v) is 3.23. The van der Waals surface area contributed by atoms with E-state index in [2.05, 4.69) is 17.6 Å². The molecule has 7 heteroatoms. The lowest BCUT2D eigenvalue weighted by Crippen LogP contribution is -2.36. The summed E-state index contributed by atoms with van der Waals surface area (Å²) in [6.45, 7) is 5.17. The smallest absolute Gasteiger partial charge is 0.229 e. The van der Waals surface area contributed by atoms with E-state index in [0.29, 0.717) is 50.6 Å². The first kappa shape index (κ1) is 19.9. The van der Waals surface area contributed by atoms with Gasteiger partial charge in [-0.2, -0.15) is 0 Å². The monoisotopic (exact) mass is 345 g/mol. The van der Waals surface area contributed by atoms with Crippen molar-refractivity contribution in [2.24, 2.45) is 11.8 Å². The Kier molecular flexibility index (Phi) is 8.55. The van der Waals surface area contributed by atoms with Crippen molar-refractivity contribution in [2.75, 3.05) is 26.2 Å². The highest BCUT2D eigenvalue weighted by atomic mass is 35.5. The molecule has 2 aliphatic heterocycles. The van der Waals surface area contributed by atoms with E-state index in [4.69, 9.17) is 0 Å². The van der Waals surface area contributed by atoms with Gasteiger partial charge in [-0.15, -0.1) is 12.4 Å². The van der Waals surface area contributed by atoms with Crippen LogP contribution in [0.2, 0.25) is 0 Å². The van der Waals surface area contributed by atoms with Crippen LogP contribution < -0.4 is 10.6 Å². The van der Waals surface area contributed by atoms with E-state index in [1.54, 1.807) is 0 Å². The van der Waals surface area contributed by atoms with Gasteiger partial charge in [0.25, 0.3) is 0 Å². The van der Waals surface area contributed by atoms with E-state index in [0.717, 1.165) is 13.1 Å². The van der Waals surface area contributed by atoms with Gasteiger partial charge in [-0.3, -0.25) is 19.3 Å². The first-order valence-electron chi connectivity index (χ1n) is 8.38. The second-order valence-electron chi connectivity index (χ2n) is 6.43. The van der Waals surface area contributed by atoms with Crippen molar-refractivity contribution in [2.45, 2.75) is 45.4 Å². The van der Waals surface area contributed by atoms with Gasteiger partial charge in [0.05, 0.1) is 0 Å². The van der Waals surface area contributed by atoms with Gasteiger partial charge in [0.15, 0.2) is 0 Å². The summed E-state index contributed by atoms with van der Waals surface area (Å²) in [5.74, 6) is 0.857. The van der Waals surface area contributed by atoms with Crippen LogP contribution in [0.1, 0.15) is 45.4 Å². The lowest BCUT2D eigenvalue weighted by Gasteiger charge is -2.28. The minimum absolute atomic E-state index is 0. The van der Waals surface area contributed by atoms with Crippen LogP contribution >= 0.6 is 12.4 Å². The van der Waals surface area contributed by atoms with Gasteiger partial charge in [0.1, 0.15) is 0 Å². The average molecular weight is 346 g/mol. The molecule has 2 saturated heterocycles. The number of carbonyl (C=O) groups excluding carboxylic acids is 3. The molecule has 2 atom stereocenters. The quantitative estimate of drug-likeness (QED) is 0.535. The number of hydrogen-bond donors (Lipinski definition) is 2. The molecule has 0 radical (unpaired) electrons. The van der Waals surface area contributed by atoms with Crippen molar-refractivity contribution in [1.29, 1.82) is 0 Å². The summed E-state index contributed by atoms with van der Waals surface area (Å²) >= 11 is 0. The normalized spacial score (nSPS) is 22.7. The second kappa shape index (κ2) is 9.88. The molecule has 0 bridgehead atoms. The third-order valence-corrected chi connectivity index (χ3v) is 4.68. The van der Waals surface area contributed by atoms with Crippen LogP contribution in [0.3, 0.4) is 0 Å². The second-order valence-corrected chi connectivity index (χ2v) is 6.43. The summed E-state index contributed by atoms with van der Waals surface area (Å²) in [4.78, 5) is 36.1. The van der Waals surface area contributed by atoms with Gasteiger partial charge in [-0.05, 0) is 44.2 Å². The minimum atomic E-state index is -0.0882. The van der Waals surface area contributed by atoms with Crippen molar-refractivity contribution in [3.8, 4) is 0 Å². The van der Waals surface area contributed by atoms with Crippen molar-refractivity contribution in [3.05, 3.63) is 0 Å².